The summed E-state index contributed by atoms with van der Waals surface area (Å²) >= 11 is 1.66. The molecule has 1 fully saturated rings. The molecule has 1 aromatic rings. The first-order chi connectivity index (χ1) is 7.79. The molecule has 1 aliphatic rings. The third-order valence-corrected chi connectivity index (χ3v) is 3.65. The van der Waals surface area contributed by atoms with Crippen molar-refractivity contribution in [1.29, 1.82) is 0 Å². The van der Waals surface area contributed by atoms with Crippen LogP contribution in [0.1, 0.15) is 19.3 Å². The van der Waals surface area contributed by atoms with Crippen LogP contribution in [0.15, 0.2) is 23.4 Å². The maximum atomic E-state index is 9.59. The van der Waals surface area contributed by atoms with Gasteiger partial charge in [0.15, 0.2) is 0 Å². The van der Waals surface area contributed by atoms with E-state index in [0.29, 0.717) is 0 Å². The molecule has 3 nitrogen and oxygen atoms in total. The van der Waals surface area contributed by atoms with Crippen LogP contribution in [-0.4, -0.2) is 35.5 Å². The van der Waals surface area contributed by atoms with Crippen molar-refractivity contribution in [3.8, 4) is 0 Å². The first-order valence-electron chi connectivity index (χ1n) is 5.72. The Morgan fingerprint density at radius 1 is 1.38 bits per heavy atom. The lowest BCUT2D eigenvalue weighted by atomic mass is 10.2. The summed E-state index contributed by atoms with van der Waals surface area (Å²) in [5, 5.41) is 10.6. The van der Waals surface area contributed by atoms with E-state index < -0.39 is 0 Å². The van der Waals surface area contributed by atoms with E-state index in [1.165, 1.54) is 5.69 Å². The van der Waals surface area contributed by atoms with Gasteiger partial charge in [0.2, 0.25) is 0 Å². The van der Waals surface area contributed by atoms with Gasteiger partial charge in [0.1, 0.15) is 0 Å². The van der Waals surface area contributed by atoms with E-state index in [-0.39, 0.29) is 6.10 Å². The lowest BCUT2D eigenvalue weighted by molar-refractivity contribution is 0.161. The van der Waals surface area contributed by atoms with Crippen LogP contribution in [-0.2, 0) is 0 Å². The number of aromatic nitrogens is 1. The summed E-state index contributed by atoms with van der Waals surface area (Å²) in [5.41, 5.74) is 1.17. The highest BCUT2D eigenvalue weighted by Gasteiger charge is 2.15. The fourth-order valence-corrected chi connectivity index (χ4v) is 2.38. The number of pyridine rings is 1. The van der Waals surface area contributed by atoms with Gasteiger partial charge in [0.05, 0.1) is 23.0 Å². The van der Waals surface area contributed by atoms with E-state index in [4.69, 9.17) is 0 Å². The minimum absolute atomic E-state index is 0.122. The van der Waals surface area contributed by atoms with E-state index in [1.54, 1.807) is 11.8 Å². The zero-order chi connectivity index (χ0) is 11.4. The molecule has 1 saturated heterocycles. The Morgan fingerprint density at radius 3 is 2.94 bits per heavy atom. The molecule has 0 bridgehead atoms. The fourth-order valence-electron chi connectivity index (χ4n) is 2.02. The average Bonchev–Trinajstić information content (AvgIpc) is 2.54. The minimum Gasteiger partial charge on any atom is -0.393 e. The first-order valence-corrected chi connectivity index (χ1v) is 6.95. The Kier molecular flexibility index (Phi) is 4.07. The van der Waals surface area contributed by atoms with Crippen LogP contribution in [0.2, 0.25) is 0 Å². The van der Waals surface area contributed by atoms with Gasteiger partial charge in [-0.3, -0.25) is 0 Å². The highest BCUT2D eigenvalue weighted by Crippen LogP contribution is 2.21. The second-order valence-corrected chi connectivity index (χ2v) is 4.96. The molecule has 0 aliphatic carbocycles. The molecule has 0 radical (unpaired) electrons. The lowest BCUT2D eigenvalue weighted by Gasteiger charge is -2.22. The number of aliphatic hydroxyl groups is 1. The van der Waals surface area contributed by atoms with Crippen molar-refractivity contribution >= 4 is 17.4 Å². The first kappa shape index (κ1) is 11.7. The zero-order valence-corrected chi connectivity index (χ0v) is 10.4. The summed E-state index contributed by atoms with van der Waals surface area (Å²) < 4.78 is 0. The second kappa shape index (κ2) is 5.55. The van der Waals surface area contributed by atoms with Gasteiger partial charge >= 0.3 is 0 Å². The normalized spacial score (nSPS) is 21.9. The van der Waals surface area contributed by atoms with Crippen molar-refractivity contribution in [2.75, 3.05) is 24.2 Å². The number of rotatable bonds is 2. The van der Waals surface area contributed by atoms with Crippen LogP contribution in [0.4, 0.5) is 5.69 Å². The van der Waals surface area contributed by atoms with Gasteiger partial charge in [-0.05, 0) is 37.7 Å². The average molecular weight is 238 g/mol. The Balaban J connectivity index is 2.04. The van der Waals surface area contributed by atoms with E-state index in [0.717, 1.165) is 37.4 Å². The summed E-state index contributed by atoms with van der Waals surface area (Å²) in [6.07, 6.45) is 6.69. The number of thioether (sulfide) groups is 1. The highest BCUT2D eigenvalue weighted by molar-refractivity contribution is 7.98. The SMILES string of the molecule is CSc1ccc(N2CCC[C@H](O)CC2)cn1. The molecule has 0 spiro atoms. The third kappa shape index (κ3) is 2.89. The van der Waals surface area contributed by atoms with Gasteiger partial charge in [0, 0.05) is 13.1 Å². The number of aliphatic hydroxyl groups excluding tert-OH is 1. The molecule has 16 heavy (non-hydrogen) atoms. The van der Waals surface area contributed by atoms with Crippen LogP contribution in [0.3, 0.4) is 0 Å². The summed E-state index contributed by atoms with van der Waals surface area (Å²) in [6.45, 7) is 1.96. The van der Waals surface area contributed by atoms with Crippen molar-refractivity contribution in [2.24, 2.45) is 0 Å². The molecule has 0 saturated carbocycles. The molecule has 1 atom stereocenters. The zero-order valence-electron chi connectivity index (χ0n) is 9.59. The van der Waals surface area contributed by atoms with Gasteiger partial charge in [-0.25, -0.2) is 4.98 Å². The van der Waals surface area contributed by atoms with Crippen LogP contribution >= 0.6 is 11.8 Å². The number of nitrogens with zero attached hydrogens (tertiary/aromatic N) is 2. The van der Waals surface area contributed by atoms with E-state index in [2.05, 4.69) is 22.0 Å². The molecule has 2 heterocycles. The molecule has 88 valence electrons. The van der Waals surface area contributed by atoms with E-state index in [1.807, 2.05) is 12.5 Å². The van der Waals surface area contributed by atoms with Crippen molar-refractivity contribution in [3.63, 3.8) is 0 Å². The summed E-state index contributed by atoms with van der Waals surface area (Å²) in [6, 6.07) is 4.18. The standard InChI is InChI=1S/C12H18N2OS/c1-16-12-5-4-10(9-13-12)14-7-2-3-11(15)6-8-14/h4-5,9,11,15H,2-3,6-8H2,1H3/t11-/m0/s1. The van der Waals surface area contributed by atoms with E-state index >= 15 is 0 Å². The predicted molar refractivity (Wildman–Crippen MR) is 68.1 cm³/mol. The van der Waals surface area contributed by atoms with Gasteiger partial charge in [-0.15, -0.1) is 11.8 Å². The van der Waals surface area contributed by atoms with Crippen molar-refractivity contribution in [3.05, 3.63) is 18.3 Å². The molecule has 0 unspecified atom stereocenters. The number of anilines is 1. The quantitative estimate of drug-likeness (QED) is 0.801. The lowest BCUT2D eigenvalue weighted by Crippen LogP contribution is -2.24. The smallest absolute Gasteiger partial charge is 0.0958 e. The summed E-state index contributed by atoms with van der Waals surface area (Å²) in [7, 11) is 0. The molecule has 1 N–H and O–H groups in total. The van der Waals surface area contributed by atoms with Gasteiger partial charge in [0.25, 0.3) is 0 Å². The molecule has 2 rings (SSSR count). The molecule has 0 amide bonds. The van der Waals surface area contributed by atoms with Crippen molar-refractivity contribution in [2.45, 2.75) is 30.4 Å². The Bertz CT molecular complexity index is 328. The van der Waals surface area contributed by atoms with Crippen molar-refractivity contribution in [1.82, 2.24) is 4.98 Å². The van der Waals surface area contributed by atoms with Gasteiger partial charge in [-0.2, -0.15) is 0 Å². The van der Waals surface area contributed by atoms with Gasteiger partial charge in [-0.1, -0.05) is 0 Å². The van der Waals surface area contributed by atoms with Crippen LogP contribution in [0.5, 0.6) is 0 Å². The van der Waals surface area contributed by atoms with Crippen molar-refractivity contribution < 1.29 is 5.11 Å². The largest absolute Gasteiger partial charge is 0.393 e. The Morgan fingerprint density at radius 2 is 2.25 bits per heavy atom. The maximum absolute atomic E-state index is 9.59. The molecule has 4 heteroatoms. The number of hydrogen-bond acceptors (Lipinski definition) is 4. The Hall–Kier alpha value is -0.740. The number of hydrogen-bond donors (Lipinski definition) is 1. The summed E-state index contributed by atoms with van der Waals surface area (Å²) in [4.78, 5) is 6.69. The van der Waals surface area contributed by atoms with Crippen LogP contribution < -0.4 is 4.90 Å². The van der Waals surface area contributed by atoms with Crippen LogP contribution in [0, 0.1) is 0 Å². The maximum Gasteiger partial charge on any atom is 0.0958 e. The second-order valence-electron chi connectivity index (χ2n) is 4.13. The minimum atomic E-state index is -0.122. The Labute approximate surface area is 101 Å². The molecular weight excluding hydrogens is 220 g/mol. The monoisotopic (exact) mass is 238 g/mol. The molecule has 1 aromatic heterocycles. The topological polar surface area (TPSA) is 36.4 Å². The highest BCUT2D eigenvalue weighted by atomic mass is 32.2. The van der Waals surface area contributed by atoms with E-state index in [9.17, 15) is 5.11 Å². The molecular formula is C12H18N2OS. The predicted octanol–water partition coefficient (Wildman–Crippen LogP) is 2.15. The van der Waals surface area contributed by atoms with Crippen LogP contribution in [0.25, 0.3) is 0 Å². The molecule has 1 aliphatic heterocycles. The molecule has 0 aromatic carbocycles. The summed E-state index contributed by atoms with van der Waals surface area (Å²) in [5.74, 6) is 0. The third-order valence-electron chi connectivity index (χ3n) is 2.99. The fraction of sp³-hybridized carbons (Fsp3) is 0.583. The van der Waals surface area contributed by atoms with Gasteiger partial charge < -0.3 is 10.0 Å².